The fourth-order valence-corrected chi connectivity index (χ4v) is 2.69. The largest absolute Gasteiger partial charge is 0.471 e. The quantitative estimate of drug-likeness (QED) is 0.620. The molecule has 0 bridgehead atoms. The summed E-state index contributed by atoms with van der Waals surface area (Å²) in [5.41, 5.74) is 2.15. The van der Waals surface area contributed by atoms with Crippen molar-refractivity contribution < 1.29 is 23.0 Å². The van der Waals surface area contributed by atoms with Gasteiger partial charge < -0.3 is 14.8 Å². The molecule has 0 spiro atoms. The van der Waals surface area contributed by atoms with Gasteiger partial charge in [0, 0.05) is 31.3 Å². The van der Waals surface area contributed by atoms with Crippen molar-refractivity contribution in [3.05, 3.63) is 41.9 Å². The van der Waals surface area contributed by atoms with Crippen LogP contribution in [-0.4, -0.2) is 51.9 Å². The van der Waals surface area contributed by atoms with E-state index in [-0.39, 0.29) is 11.8 Å². The van der Waals surface area contributed by atoms with Gasteiger partial charge in [0.2, 0.25) is 5.88 Å². The van der Waals surface area contributed by atoms with Crippen molar-refractivity contribution in [1.82, 2.24) is 19.7 Å². The Morgan fingerprint density at radius 3 is 2.83 bits per heavy atom. The molecule has 29 heavy (non-hydrogen) atoms. The topological polar surface area (TPSA) is 91.2 Å². The summed E-state index contributed by atoms with van der Waals surface area (Å²) in [6, 6.07) is 3.55. The number of rotatable bonds is 8. The van der Waals surface area contributed by atoms with Crippen LogP contribution in [0, 0.1) is 6.92 Å². The minimum absolute atomic E-state index is 0.182. The second kappa shape index (κ2) is 8.91. The predicted octanol–water partition coefficient (Wildman–Crippen LogP) is 2.80. The van der Waals surface area contributed by atoms with Crippen LogP contribution in [0.2, 0.25) is 0 Å². The highest BCUT2D eigenvalue weighted by Crippen LogP contribution is 2.22. The van der Waals surface area contributed by atoms with Gasteiger partial charge in [0.15, 0.2) is 6.61 Å². The van der Waals surface area contributed by atoms with E-state index in [1.807, 2.05) is 0 Å². The molecular weight excluding hydrogens is 384 g/mol. The zero-order chi connectivity index (χ0) is 21.0. The summed E-state index contributed by atoms with van der Waals surface area (Å²) in [5.74, 6) is 0.272. The van der Waals surface area contributed by atoms with E-state index in [1.165, 1.54) is 7.11 Å². The van der Waals surface area contributed by atoms with E-state index in [9.17, 15) is 13.6 Å². The number of aromatic nitrogens is 4. The van der Waals surface area contributed by atoms with Gasteiger partial charge in [-0.3, -0.25) is 9.48 Å². The summed E-state index contributed by atoms with van der Waals surface area (Å²) in [6.45, 7) is 3.09. The van der Waals surface area contributed by atoms with Crippen molar-refractivity contribution in [1.29, 1.82) is 0 Å². The maximum Gasteiger partial charge on any atom is 0.272 e. The van der Waals surface area contributed by atoms with Crippen LogP contribution in [0.25, 0.3) is 10.9 Å². The number of ether oxygens (including phenoxy) is 2. The lowest BCUT2D eigenvalue weighted by Gasteiger charge is -2.10. The molecular formula is C19H21F2N5O3. The number of carbonyl (C=O) groups is 1. The molecule has 0 aliphatic carbocycles. The van der Waals surface area contributed by atoms with Crippen LogP contribution >= 0.6 is 0 Å². The molecule has 3 rings (SSSR count). The van der Waals surface area contributed by atoms with Gasteiger partial charge >= 0.3 is 0 Å². The van der Waals surface area contributed by atoms with E-state index in [2.05, 4.69) is 20.4 Å². The van der Waals surface area contributed by atoms with E-state index >= 15 is 0 Å². The first-order valence-electron chi connectivity index (χ1n) is 8.89. The Kier molecular flexibility index (Phi) is 6.32. The Balaban J connectivity index is 1.78. The van der Waals surface area contributed by atoms with Gasteiger partial charge in [0.25, 0.3) is 12.3 Å². The van der Waals surface area contributed by atoms with Crippen LogP contribution in [0.3, 0.4) is 0 Å². The number of nitrogens with one attached hydrogen (secondary N) is 1. The van der Waals surface area contributed by atoms with Crippen molar-refractivity contribution in [2.45, 2.75) is 32.9 Å². The van der Waals surface area contributed by atoms with Gasteiger partial charge in [-0.25, -0.2) is 18.7 Å². The minimum atomic E-state index is -2.55. The molecule has 0 saturated carbocycles. The summed E-state index contributed by atoms with van der Waals surface area (Å²) in [5, 5.41) is 7.91. The number of hydrogen-bond acceptors (Lipinski definition) is 6. The van der Waals surface area contributed by atoms with Crippen LogP contribution in [0.15, 0.2) is 30.7 Å². The number of hydrogen-bond donors (Lipinski definition) is 1. The van der Waals surface area contributed by atoms with Gasteiger partial charge in [0.05, 0.1) is 17.4 Å². The third kappa shape index (κ3) is 5.02. The van der Waals surface area contributed by atoms with E-state index in [0.29, 0.717) is 28.8 Å². The van der Waals surface area contributed by atoms with E-state index < -0.39 is 19.1 Å². The Labute approximate surface area is 165 Å². The van der Waals surface area contributed by atoms with Gasteiger partial charge in [0.1, 0.15) is 11.9 Å². The normalized spacial score (nSPS) is 12.3. The molecule has 154 valence electrons. The van der Waals surface area contributed by atoms with Gasteiger partial charge in [-0.05, 0) is 31.5 Å². The van der Waals surface area contributed by atoms with E-state index in [0.717, 1.165) is 5.56 Å². The first-order chi connectivity index (χ1) is 13.9. The molecule has 1 unspecified atom stereocenters. The highest BCUT2D eigenvalue weighted by atomic mass is 19.3. The highest BCUT2D eigenvalue weighted by Gasteiger charge is 2.15. The van der Waals surface area contributed by atoms with Crippen LogP contribution in [-0.2, 0) is 16.1 Å². The zero-order valence-electron chi connectivity index (χ0n) is 16.2. The fraction of sp³-hybridized carbons (Fsp3) is 0.368. The Bertz CT molecular complexity index is 1010. The van der Waals surface area contributed by atoms with Crippen LogP contribution in [0.4, 0.5) is 14.6 Å². The highest BCUT2D eigenvalue weighted by molar-refractivity contribution is 6.00. The number of alkyl halides is 2. The molecule has 3 aromatic heterocycles. The predicted molar refractivity (Wildman–Crippen MR) is 102 cm³/mol. The monoisotopic (exact) mass is 405 g/mol. The standard InChI is InChI=1S/C19H21F2N5O3/c1-11-6-13(7-23-19(11)29-10-16(20)21)8-26-9-14-15(25-26)4-5-22-17(14)24-18(27)12(2)28-3/h4-7,9,12,16H,8,10H2,1-3H3,(H,22,24,27). The molecule has 0 aromatic carbocycles. The summed E-state index contributed by atoms with van der Waals surface area (Å²) in [4.78, 5) is 20.4. The second-order valence-corrected chi connectivity index (χ2v) is 6.45. The number of halogens is 2. The number of pyridine rings is 2. The molecule has 3 heterocycles. The molecule has 1 amide bonds. The van der Waals surface area contributed by atoms with Crippen molar-refractivity contribution in [3.63, 3.8) is 0 Å². The third-order valence-corrected chi connectivity index (χ3v) is 4.22. The number of fused-ring (bicyclic) bond motifs is 1. The van der Waals surface area contributed by atoms with Crippen molar-refractivity contribution >= 4 is 22.6 Å². The molecule has 0 aliphatic heterocycles. The average molecular weight is 405 g/mol. The number of aryl methyl sites for hydroxylation is 1. The summed E-state index contributed by atoms with van der Waals surface area (Å²) in [7, 11) is 1.45. The number of nitrogens with zero attached hydrogens (tertiary/aromatic N) is 4. The lowest BCUT2D eigenvalue weighted by Crippen LogP contribution is -2.26. The molecule has 0 fully saturated rings. The molecule has 0 saturated heterocycles. The molecule has 0 radical (unpaired) electrons. The minimum Gasteiger partial charge on any atom is -0.471 e. The lowest BCUT2D eigenvalue weighted by atomic mass is 10.2. The molecule has 10 heteroatoms. The van der Waals surface area contributed by atoms with E-state index in [4.69, 9.17) is 9.47 Å². The number of methoxy groups -OCH3 is 1. The maximum atomic E-state index is 12.3. The maximum absolute atomic E-state index is 12.3. The average Bonchev–Trinajstić information content (AvgIpc) is 3.10. The Hall–Kier alpha value is -3.14. The summed E-state index contributed by atoms with van der Waals surface area (Å²) < 4.78 is 36.3. The summed E-state index contributed by atoms with van der Waals surface area (Å²) >= 11 is 0. The summed E-state index contributed by atoms with van der Waals surface area (Å²) in [6.07, 6.45) is 1.73. The zero-order valence-corrected chi connectivity index (χ0v) is 16.2. The van der Waals surface area contributed by atoms with Crippen LogP contribution in [0.1, 0.15) is 18.1 Å². The van der Waals surface area contributed by atoms with Crippen LogP contribution < -0.4 is 10.1 Å². The van der Waals surface area contributed by atoms with Gasteiger partial charge in [-0.1, -0.05) is 0 Å². The first kappa shape index (κ1) is 20.6. The number of carbonyl (C=O) groups excluding carboxylic acids is 1. The fourth-order valence-electron chi connectivity index (χ4n) is 2.69. The number of amides is 1. The molecule has 1 atom stereocenters. The smallest absolute Gasteiger partial charge is 0.272 e. The van der Waals surface area contributed by atoms with Crippen molar-refractivity contribution in [2.75, 3.05) is 19.0 Å². The Morgan fingerprint density at radius 2 is 2.14 bits per heavy atom. The van der Waals surface area contributed by atoms with E-state index in [1.54, 1.807) is 49.3 Å². The Morgan fingerprint density at radius 1 is 1.34 bits per heavy atom. The van der Waals surface area contributed by atoms with Gasteiger partial charge in [-0.15, -0.1) is 0 Å². The molecule has 1 N–H and O–H groups in total. The third-order valence-electron chi connectivity index (χ3n) is 4.22. The lowest BCUT2D eigenvalue weighted by molar-refractivity contribution is -0.124. The molecule has 8 nitrogen and oxygen atoms in total. The first-order valence-corrected chi connectivity index (χ1v) is 8.89. The van der Waals surface area contributed by atoms with Crippen molar-refractivity contribution in [3.8, 4) is 5.88 Å². The second-order valence-electron chi connectivity index (χ2n) is 6.45. The van der Waals surface area contributed by atoms with Gasteiger partial charge in [-0.2, -0.15) is 5.10 Å². The SMILES string of the molecule is COC(C)C(=O)Nc1nccc2nn(Cc3cnc(OCC(F)F)c(C)c3)cc12. The molecule has 0 aliphatic rings. The van der Waals surface area contributed by atoms with Crippen molar-refractivity contribution in [2.24, 2.45) is 0 Å². The number of anilines is 1. The van der Waals surface area contributed by atoms with Crippen LogP contribution in [0.5, 0.6) is 5.88 Å². The molecule has 3 aromatic rings.